The number of aromatic amines is 1. The summed E-state index contributed by atoms with van der Waals surface area (Å²) in [6, 6.07) is 3.18. The number of methoxy groups -OCH3 is 2. The molecule has 0 radical (unpaired) electrons. The van der Waals surface area contributed by atoms with E-state index in [0.717, 1.165) is 26.2 Å². The molecule has 2 heterocycles. The van der Waals surface area contributed by atoms with Gasteiger partial charge >= 0.3 is 6.18 Å². The molecule has 0 aliphatic carbocycles. The summed E-state index contributed by atoms with van der Waals surface area (Å²) in [6.45, 7) is 5.50. The Morgan fingerprint density at radius 2 is 1.85 bits per heavy atom. The molecule has 1 aliphatic rings. The highest BCUT2D eigenvalue weighted by molar-refractivity contribution is 5.42. The zero-order chi connectivity index (χ0) is 24.9. The molecule has 0 unspecified atom stereocenters. The first-order valence-electron chi connectivity index (χ1n) is 10.3. The summed E-state index contributed by atoms with van der Waals surface area (Å²) >= 11 is 0. The third kappa shape index (κ3) is 4.03. The van der Waals surface area contributed by atoms with Crippen LogP contribution in [-0.4, -0.2) is 31.0 Å². The number of nitrogens with one attached hydrogen (secondary N) is 1. The molecule has 0 spiro atoms. The van der Waals surface area contributed by atoms with Gasteiger partial charge in [-0.25, -0.2) is 4.39 Å². The van der Waals surface area contributed by atoms with E-state index in [0.29, 0.717) is 11.3 Å². The molecule has 1 aromatic carbocycles. The number of ether oxygens (including phenoxy) is 3. The fourth-order valence-corrected chi connectivity index (χ4v) is 4.58. The Labute approximate surface area is 187 Å². The van der Waals surface area contributed by atoms with Crippen LogP contribution in [0, 0.1) is 24.5 Å². The molecule has 33 heavy (non-hydrogen) atoms. The fourth-order valence-electron chi connectivity index (χ4n) is 4.58. The van der Waals surface area contributed by atoms with Crippen molar-refractivity contribution >= 4 is 0 Å². The SMILES string of the molecule is COc1c([C@H]2[C@H](c3cc(=O)c([C@H](C)OC)c(C)[nH]3)O[C@@](C)(C(F)(F)F)[C@H]2C)ccc(F)c1F. The van der Waals surface area contributed by atoms with Gasteiger partial charge in [0.1, 0.15) is 6.10 Å². The molecular weight excluding hydrogens is 449 g/mol. The van der Waals surface area contributed by atoms with Crippen LogP contribution in [0.2, 0.25) is 0 Å². The molecule has 1 fully saturated rings. The average molecular weight is 475 g/mol. The van der Waals surface area contributed by atoms with E-state index in [9.17, 15) is 26.7 Å². The maximum absolute atomic E-state index is 14.5. The van der Waals surface area contributed by atoms with E-state index in [1.165, 1.54) is 20.1 Å². The molecule has 182 valence electrons. The molecule has 10 heteroatoms. The lowest BCUT2D eigenvalue weighted by Crippen LogP contribution is -2.46. The van der Waals surface area contributed by atoms with Crippen molar-refractivity contribution in [2.24, 2.45) is 5.92 Å². The van der Waals surface area contributed by atoms with Gasteiger partial charge in [0.2, 0.25) is 5.82 Å². The minimum atomic E-state index is -4.77. The first kappa shape index (κ1) is 25.2. The average Bonchev–Trinajstić information content (AvgIpc) is 3.01. The number of H-pyrrole nitrogens is 1. The Bertz CT molecular complexity index is 1100. The van der Waals surface area contributed by atoms with Crippen LogP contribution >= 0.6 is 0 Å². The Kier molecular flexibility index (Phi) is 6.65. The minimum Gasteiger partial charge on any atom is -0.493 e. The maximum Gasteiger partial charge on any atom is 0.417 e. The molecule has 1 saturated heterocycles. The van der Waals surface area contributed by atoms with E-state index in [4.69, 9.17) is 14.2 Å². The molecular formula is C23H26F5NO4. The Balaban J connectivity index is 2.25. The fraction of sp³-hybridized carbons (Fsp3) is 0.522. The predicted molar refractivity (Wildman–Crippen MR) is 110 cm³/mol. The minimum absolute atomic E-state index is 0.00899. The predicted octanol–water partition coefficient (Wildman–Crippen LogP) is 5.49. The summed E-state index contributed by atoms with van der Waals surface area (Å²) in [7, 11) is 2.53. The van der Waals surface area contributed by atoms with Crippen LogP contribution in [0.25, 0.3) is 0 Å². The molecule has 0 bridgehead atoms. The largest absolute Gasteiger partial charge is 0.493 e. The van der Waals surface area contributed by atoms with E-state index in [1.807, 2.05) is 0 Å². The van der Waals surface area contributed by atoms with Crippen LogP contribution in [0.1, 0.15) is 61.4 Å². The van der Waals surface area contributed by atoms with E-state index >= 15 is 0 Å². The number of pyridine rings is 1. The van der Waals surface area contributed by atoms with Crippen molar-refractivity contribution in [2.45, 2.75) is 57.6 Å². The smallest absolute Gasteiger partial charge is 0.417 e. The van der Waals surface area contributed by atoms with Gasteiger partial charge in [0.15, 0.2) is 22.6 Å². The van der Waals surface area contributed by atoms with Gasteiger partial charge in [-0.05, 0) is 26.8 Å². The number of hydrogen-bond donors (Lipinski definition) is 1. The standard InChI is InChI=1S/C23H26F5NO4/c1-10-17(13-7-8-14(24)19(25)20(13)32-6)21(33-22(10,4)23(26,27)28)15-9-16(30)18(11(2)29-15)12(3)31-5/h7-10,12,17,21H,1-6H3,(H,29,30)/t10-,12-,17-,21-,22+/m0/s1. The van der Waals surface area contributed by atoms with Crippen molar-refractivity contribution in [3.05, 3.63) is 62.6 Å². The topological polar surface area (TPSA) is 60.5 Å². The second kappa shape index (κ2) is 8.72. The molecule has 1 aromatic heterocycles. The van der Waals surface area contributed by atoms with Crippen LogP contribution in [-0.2, 0) is 9.47 Å². The Morgan fingerprint density at radius 1 is 1.21 bits per heavy atom. The highest BCUT2D eigenvalue weighted by atomic mass is 19.4. The number of aryl methyl sites for hydroxylation is 1. The summed E-state index contributed by atoms with van der Waals surface area (Å²) in [5.74, 6) is -5.35. The van der Waals surface area contributed by atoms with E-state index < -0.39 is 58.6 Å². The molecule has 2 aromatic rings. The van der Waals surface area contributed by atoms with Gasteiger partial charge < -0.3 is 19.2 Å². The number of hydrogen-bond acceptors (Lipinski definition) is 4. The highest BCUT2D eigenvalue weighted by Gasteiger charge is 2.65. The van der Waals surface area contributed by atoms with Crippen molar-refractivity contribution in [3.63, 3.8) is 0 Å². The third-order valence-electron chi connectivity index (χ3n) is 6.67. The molecule has 0 amide bonds. The molecule has 0 saturated carbocycles. The maximum atomic E-state index is 14.5. The van der Waals surface area contributed by atoms with Gasteiger partial charge in [0.25, 0.3) is 0 Å². The summed E-state index contributed by atoms with van der Waals surface area (Å²) in [6.07, 6.45) is -6.64. The van der Waals surface area contributed by atoms with E-state index in [1.54, 1.807) is 13.8 Å². The van der Waals surface area contributed by atoms with Crippen molar-refractivity contribution in [3.8, 4) is 5.75 Å². The van der Waals surface area contributed by atoms with Crippen LogP contribution in [0.4, 0.5) is 22.0 Å². The number of aromatic nitrogens is 1. The molecule has 5 nitrogen and oxygen atoms in total. The number of rotatable bonds is 5. The highest BCUT2D eigenvalue weighted by Crippen LogP contribution is 2.59. The molecule has 5 atom stereocenters. The second-order valence-corrected chi connectivity index (χ2v) is 8.45. The van der Waals surface area contributed by atoms with Gasteiger partial charge in [-0.3, -0.25) is 4.79 Å². The van der Waals surface area contributed by atoms with Gasteiger partial charge in [-0.15, -0.1) is 0 Å². The quantitative estimate of drug-likeness (QED) is 0.581. The normalized spacial score (nSPS) is 26.5. The summed E-state index contributed by atoms with van der Waals surface area (Å²) in [4.78, 5) is 15.8. The Morgan fingerprint density at radius 3 is 2.36 bits per heavy atom. The second-order valence-electron chi connectivity index (χ2n) is 8.45. The van der Waals surface area contributed by atoms with Crippen molar-refractivity contribution < 1.29 is 36.2 Å². The first-order chi connectivity index (χ1) is 15.3. The van der Waals surface area contributed by atoms with Gasteiger partial charge in [-0.1, -0.05) is 13.0 Å². The zero-order valence-corrected chi connectivity index (χ0v) is 19.1. The van der Waals surface area contributed by atoms with Crippen molar-refractivity contribution in [2.75, 3.05) is 14.2 Å². The number of benzene rings is 1. The summed E-state index contributed by atoms with van der Waals surface area (Å²) in [5.41, 5.74) is -2.24. The van der Waals surface area contributed by atoms with Crippen molar-refractivity contribution in [1.82, 2.24) is 4.98 Å². The van der Waals surface area contributed by atoms with Gasteiger partial charge in [0, 0.05) is 47.5 Å². The first-order valence-corrected chi connectivity index (χ1v) is 10.3. The lowest BCUT2D eigenvalue weighted by Gasteiger charge is -2.32. The van der Waals surface area contributed by atoms with Crippen LogP contribution in [0.5, 0.6) is 5.75 Å². The van der Waals surface area contributed by atoms with Crippen LogP contribution < -0.4 is 10.2 Å². The number of alkyl halides is 3. The molecule has 1 N–H and O–H groups in total. The lowest BCUT2D eigenvalue weighted by molar-refractivity contribution is -0.275. The molecule has 3 rings (SSSR count). The third-order valence-corrected chi connectivity index (χ3v) is 6.67. The van der Waals surface area contributed by atoms with Gasteiger partial charge in [0.05, 0.1) is 13.2 Å². The summed E-state index contributed by atoms with van der Waals surface area (Å²) in [5, 5.41) is 0. The van der Waals surface area contributed by atoms with Gasteiger partial charge in [-0.2, -0.15) is 17.6 Å². The zero-order valence-electron chi connectivity index (χ0n) is 19.1. The summed E-state index contributed by atoms with van der Waals surface area (Å²) < 4.78 is 86.4. The monoisotopic (exact) mass is 475 g/mol. The number of halogens is 5. The van der Waals surface area contributed by atoms with Crippen LogP contribution in [0.15, 0.2) is 23.0 Å². The lowest BCUT2D eigenvalue weighted by atomic mass is 9.76. The van der Waals surface area contributed by atoms with E-state index in [-0.39, 0.29) is 11.3 Å². The molecule has 1 aliphatic heterocycles. The van der Waals surface area contributed by atoms with Crippen molar-refractivity contribution in [1.29, 1.82) is 0 Å². The Hall–Kier alpha value is -2.46. The van der Waals surface area contributed by atoms with Crippen LogP contribution in [0.3, 0.4) is 0 Å². The van der Waals surface area contributed by atoms with E-state index in [2.05, 4.69) is 4.98 Å².